The van der Waals surface area contributed by atoms with Gasteiger partial charge in [0.25, 0.3) is 0 Å². The van der Waals surface area contributed by atoms with E-state index in [1.807, 2.05) is 38.4 Å². The molecule has 0 saturated heterocycles. The number of nitrogens with zero attached hydrogens (tertiary/aromatic N) is 1. The number of halogens is 1. The van der Waals surface area contributed by atoms with Crippen LogP contribution < -0.4 is 0 Å². The second-order valence-corrected chi connectivity index (χ2v) is 7.20. The number of unbranched alkanes of at least 4 members (excludes halogenated alkanes) is 1. The van der Waals surface area contributed by atoms with Crippen LogP contribution in [0.5, 0.6) is 0 Å². The molecule has 0 aromatic heterocycles. The fourth-order valence-electron chi connectivity index (χ4n) is 2.27. The number of carbonyl (C=O) groups excluding carboxylic acids is 1. The first-order valence-corrected chi connectivity index (χ1v) is 8.50. The highest BCUT2D eigenvalue weighted by molar-refractivity contribution is 9.10. The molecule has 1 N–H and O–H groups in total. The molecule has 0 radical (unpaired) electrons. The van der Waals surface area contributed by atoms with Crippen molar-refractivity contribution in [1.29, 1.82) is 0 Å². The number of rotatable bonds is 10. The molecule has 0 spiro atoms. The van der Waals surface area contributed by atoms with Crippen LogP contribution in [0.2, 0.25) is 0 Å². The smallest absolute Gasteiger partial charge is 0.216 e. The van der Waals surface area contributed by atoms with E-state index in [0.717, 1.165) is 17.3 Å². The summed E-state index contributed by atoms with van der Waals surface area (Å²) < 4.78 is 6.83. The van der Waals surface area contributed by atoms with Crippen molar-refractivity contribution >= 4 is 21.7 Å². The maximum absolute atomic E-state index is 12.3. The zero-order valence-electron chi connectivity index (χ0n) is 13.7. The van der Waals surface area contributed by atoms with Gasteiger partial charge in [0.05, 0.1) is 20.7 Å². The fraction of sp³-hybridized carbons (Fsp3) is 0.588. The molecule has 124 valence electrons. The maximum atomic E-state index is 12.3. The molecule has 0 bridgehead atoms. The maximum Gasteiger partial charge on any atom is 0.216 e. The minimum absolute atomic E-state index is 0.0802. The van der Waals surface area contributed by atoms with Gasteiger partial charge in [-0.25, -0.2) is 0 Å². The summed E-state index contributed by atoms with van der Waals surface area (Å²) in [4.78, 5) is 12.3. The summed E-state index contributed by atoms with van der Waals surface area (Å²) >= 11 is 3.36. The molecule has 5 heteroatoms. The predicted molar refractivity (Wildman–Crippen MR) is 92.0 cm³/mol. The normalized spacial score (nSPS) is 13.1. The Bertz CT molecular complexity index is 459. The first kappa shape index (κ1) is 19.3. The molecule has 1 aromatic rings. The van der Waals surface area contributed by atoms with Crippen LogP contribution >= 0.6 is 15.9 Å². The van der Waals surface area contributed by atoms with E-state index in [1.54, 1.807) is 0 Å². The third-order valence-corrected chi connectivity index (χ3v) is 3.92. The van der Waals surface area contributed by atoms with Crippen molar-refractivity contribution in [2.75, 3.05) is 40.4 Å². The molecule has 1 rings (SSSR count). The minimum atomic E-state index is -0.551. The Labute approximate surface area is 141 Å². The molecule has 4 nitrogen and oxygen atoms in total. The van der Waals surface area contributed by atoms with E-state index >= 15 is 0 Å². The van der Waals surface area contributed by atoms with Crippen molar-refractivity contribution < 1.29 is 19.1 Å². The number of likely N-dealkylation sites (N-methyl/N-ethyl adjacent to an activating group) is 1. The summed E-state index contributed by atoms with van der Waals surface area (Å²) in [5, 5.41) is 10.0. The summed E-state index contributed by atoms with van der Waals surface area (Å²) in [5.74, 6) is 0.0802. The minimum Gasteiger partial charge on any atom is -0.385 e. The van der Waals surface area contributed by atoms with Gasteiger partial charge < -0.3 is 14.3 Å². The number of carbonyl (C=O) groups is 1. The summed E-state index contributed by atoms with van der Waals surface area (Å²) in [5.41, 5.74) is 0.697. The first-order chi connectivity index (χ1) is 10.3. The lowest BCUT2D eigenvalue weighted by Gasteiger charge is -2.31. The molecule has 0 heterocycles. The number of quaternary nitrogens is 1. The number of hydrogen-bond acceptors (Lipinski definition) is 3. The topological polar surface area (TPSA) is 46.5 Å². The van der Waals surface area contributed by atoms with Gasteiger partial charge in [-0.2, -0.15) is 0 Å². The SMILES string of the molecule is CCCCOCC(O)C[N+](C)(C)CC(=O)c1ccc(Br)cc1. The molecule has 0 saturated carbocycles. The van der Waals surface area contributed by atoms with Crippen LogP contribution in [0, 0.1) is 0 Å². The molecule has 0 amide bonds. The lowest BCUT2D eigenvalue weighted by Crippen LogP contribution is -2.49. The summed E-state index contributed by atoms with van der Waals surface area (Å²) in [6, 6.07) is 7.36. The van der Waals surface area contributed by atoms with Crippen LogP contribution in [0.25, 0.3) is 0 Å². The van der Waals surface area contributed by atoms with Gasteiger partial charge in [-0.15, -0.1) is 0 Å². The van der Waals surface area contributed by atoms with E-state index in [1.165, 1.54) is 0 Å². The van der Waals surface area contributed by atoms with E-state index in [0.29, 0.717) is 36.3 Å². The quantitative estimate of drug-likeness (QED) is 0.390. The molecule has 1 atom stereocenters. The molecular formula is C17H27BrNO3+. The largest absolute Gasteiger partial charge is 0.385 e. The summed E-state index contributed by atoms with van der Waals surface area (Å²) in [6.07, 6.45) is 1.54. The Morgan fingerprint density at radius 1 is 1.32 bits per heavy atom. The van der Waals surface area contributed by atoms with E-state index in [2.05, 4.69) is 22.9 Å². The lowest BCUT2D eigenvalue weighted by molar-refractivity contribution is -0.885. The van der Waals surface area contributed by atoms with Crippen molar-refractivity contribution in [1.82, 2.24) is 0 Å². The average molecular weight is 373 g/mol. The zero-order chi connectivity index (χ0) is 16.6. The number of ether oxygens (including phenoxy) is 1. The van der Waals surface area contributed by atoms with Gasteiger partial charge in [0.15, 0.2) is 0 Å². The summed E-state index contributed by atoms with van der Waals surface area (Å²) in [6.45, 7) is 3.96. The second-order valence-electron chi connectivity index (χ2n) is 6.29. The van der Waals surface area contributed by atoms with Gasteiger partial charge in [-0.3, -0.25) is 4.79 Å². The highest BCUT2D eigenvalue weighted by atomic mass is 79.9. The molecule has 0 aliphatic rings. The van der Waals surface area contributed by atoms with Crippen LogP contribution in [-0.2, 0) is 4.74 Å². The molecule has 0 aliphatic carbocycles. The van der Waals surface area contributed by atoms with Crippen LogP contribution in [0.4, 0.5) is 0 Å². The second kappa shape index (κ2) is 9.40. The highest BCUT2D eigenvalue weighted by Crippen LogP contribution is 2.12. The van der Waals surface area contributed by atoms with Gasteiger partial charge in [0, 0.05) is 16.6 Å². The molecule has 22 heavy (non-hydrogen) atoms. The predicted octanol–water partition coefficient (Wildman–Crippen LogP) is 2.89. The number of benzene rings is 1. The van der Waals surface area contributed by atoms with E-state index in [9.17, 15) is 9.90 Å². The van der Waals surface area contributed by atoms with Gasteiger partial charge in [-0.05, 0) is 18.6 Å². The number of Topliss-reactive ketones (excluding diaryl/α,β-unsaturated/α-hetero) is 1. The first-order valence-electron chi connectivity index (χ1n) is 7.70. The molecular weight excluding hydrogens is 346 g/mol. The number of hydrogen-bond donors (Lipinski definition) is 1. The Balaban J connectivity index is 2.44. The average Bonchev–Trinajstić information content (AvgIpc) is 2.43. The van der Waals surface area contributed by atoms with E-state index in [4.69, 9.17) is 4.74 Å². The summed E-state index contributed by atoms with van der Waals surface area (Å²) in [7, 11) is 3.90. The Kier molecular flexibility index (Phi) is 8.25. The Morgan fingerprint density at radius 3 is 2.55 bits per heavy atom. The standard InChI is InChI=1S/C17H27BrNO3/c1-4-5-10-22-13-16(20)11-19(2,3)12-17(21)14-6-8-15(18)9-7-14/h6-9,16,20H,4-5,10-13H2,1-3H3/q+1. The van der Waals surface area contributed by atoms with Crippen molar-refractivity contribution in [2.45, 2.75) is 25.9 Å². The Hall–Kier alpha value is -0.750. The van der Waals surface area contributed by atoms with Crippen molar-refractivity contribution in [2.24, 2.45) is 0 Å². The van der Waals surface area contributed by atoms with Gasteiger partial charge in [-0.1, -0.05) is 41.4 Å². The lowest BCUT2D eigenvalue weighted by atomic mass is 10.1. The fourth-order valence-corrected chi connectivity index (χ4v) is 2.53. The molecule has 0 aliphatic heterocycles. The monoisotopic (exact) mass is 372 g/mol. The van der Waals surface area contributed by atoms with Crippen LogP contribution in [0.1, 0.15) is 30.1 Å². The van der Waals surface area contributed by atoms with Gasteiger partial charge >= 0.3 is 0 Å². The van der Waals surface area contributed by atoms with Crippen molar-refractivity contribution in [3.8, 4) is 0 Å². The van der Waals surface area contributed by atoms with Crippen molar-refractivity contribution in [3.63, 3.8) is 0 Å². The van der Waals surface area contributed by atoms with Crippen LogP contribution in [-0.4, -0.2) is 61.9 Å². The van der Waals surface area contributed by atoms with Crippen LogP contribution in [0.3, 0.4) is 0 Å². The van der Waals surface area contributed by atoms with Crippen LogP contribution in [0.15, 0.2) is 28.7 Å². The number of aliphatic hydroxyl groups excluding tert-OH is 1. The number of ketones is 1. The molecule has 1 aromatic carbocycles. The van der Waals surface area contributed by atoms with Gasteiger partial charge in [0.1, 0.15) is 19.2 Å². The number of aliphatic hydroxyl groups is 1. The van der Waals surface area contributed by atoms with E-state index < -0.39 is 6.10 Å². The molecule has 0 fully saturated rings. The highest BCUT2D eigenvalue weighted by Gasteiger charge is 2.24. The van der Waals surface area contributed by atoms with Crippen molar-refractivity contribution in [3.05, 3.63) is 34.3 Å². The van der Waals surface area contributed by atoms with E-state index in [-0.39, 0.29) is 5.78 Å². The van der Waals surface area contributed by atoms with Gasteiger partial charge in [0.2, 0.25) is 5.78 Å². The zero-order valence-corrected chi connectivity index (χ0v) is 15.3. The Morgan fingerprint density at radius 2 is 1.95 bits per heavy atom. The third kappa shape index (κ3) is 7.49. The third-order valence-electron chi connectivity index (χ3n) is 3.40. The molecule has 1 unspecified atom stereocenters.